The van der Waals surface area contributed by atoms with E-state index in [0.29, 0.717) is 38.9 Å². The van der Waals surface area contributed by atoms with Gasteiger partial charge < -0.3 is 19.3 Å². The Labute approximate surface area is 146 Å². The smallest absolute Gasteiger partial charge is 0.252 e. The number of hydrogen-bond donors (Lipinski definition) is 1. The van der Waals surface area contributed by atoms with Gasteiger partial charge in [0.2, 0.25) is 11.9 Å². The zero-order valence-corrected chi connectivity index (χ0v) is 14.3. The van der Waals surface area contributed by atoms with Crippen LogP contribution < -0.4 is 10.5 Å². The average Bonchev–Trinajstić information content (AvgIpc) is 3.33. The molecular weight excluding hydrogens is 324 g/mol. The quantitative estimate of drug-likeness (QED) is 0.825. The van der Waals surface area contributed by atoms with Crippen LogP contribution in [0.3, 0.4) is 0 Å². The van der Waals surface area contributed by atoms with Gasteiger partial charge in [0.25, 0.3) is 5.56 Å². The van der Waals surface area contributed by atoms with Gasteiger partial charge in [-0.2, -0.15) is 0 Å². The third-order valence-electron chi connectivity index (χ3n) is 5.26. The molecule has 25 heavy (non-hydrogen) atoms. The molecule has 1 N–H and O–H groups in total. The van der Waals surface area contributed by atoms with E-state index in [-0.39, 0.29) is 23.3 Å². The second-order valence-electron chi connectivity index (χ2n) is 6.92. The summed E-state index contributed by atoms with van der Waals surface area (Å²) in [6.45, 7) is 5.30. The first kappa shape index (κ1) is 16.5. The highest BCUT2D eigenvalue weighted by atomic mass is 16.5. The number of nitrogens with one attached hydrogen (secondary N) is 1. The SMILES string of the molecule is O=C([C@H]1CCOC1)N1CC[C@H](c2cc(=O)[nH]c(N3CCOCC3)n2)C1. The van der Waals surface area contributed by atoms with Crippen molar-refractivity contribution in [2.75, 3.05) is 57.5 Å². The Morgan fingerprint density at radius 3 is 2.76 bits per heavy atom. The van der Waals surface area contributed by atoms with E-state index in [2.05, 4.69) is 9.97 Å². The molecule has 0 radical (unpaired) electrons. The number of carbonyl (C=O) groups is 1. The summed E-state index contributed by atoms with van der Waals surface area (Å²) in [5.41, 5.74) is 0.642. The van der Waals surface area contributed by atoms with Gasteiger partial charge in [0.1, 0.15) is 0 Å². The summed E-state index contributed by atoms with van der Waals surface area (Å²) in [6, 6.07) is 1.57. The Morgan fingerprint density at radius 1 is 1.16 bits per heavy atom. The van der Waals surface area contributed by atoms with Crippen molar-refractivity contribution >= 4 is 11.9 Å². The Hall–Kier alpha value is -1.93. The maximum Gasteiger partial charge on any atom is 0.252 e. The number of likely N-dealkylation sites (tertiary alicyclic amines) is 1. The Balaban J connectivity index is 1.47. The number of nitrogens with zero attached hydrogens (tertiary/aromatic N) is 3. The highest BCUT2D eigenvalue weighted by Crippen LogP contribution is 2.28. The minimum atomic E-state index is -0.138. The molecule has 2 atom stereocenters. The molecule has 0 bridgehead atoms. The second kappa shape index (κ2) is 7.13. The lowest BCUT2D eigenvalue weighted by atomic mass is 10.0. The zero-order valence-electron chi connectivity index (χ0n) is 14.3. The van der Waals surface area contributed by atoms with Crippen LogP contribution in [0.1, 0.15) is 24.5 Å². The van der Waals surface area contributed by atoms with E-state index in [1.54, 1.807) is 6.07 Å². The fourth-order valence-electron chi connectivity index (χ4n) is 3.79. The lowest BCUT2D eigenvalue weighted by Gasteiger charge is -2.27. The monoisotopic (exact) mass is 348 g/mol. The van der Waals surface area contributed by atoms with Crippen molar-refractivity contribution in [2.45, 2.75) is 18.8 Å². The van der Waals surface area contributed by atoms with Crippen LogP contribution in [0.25, 0.3) is 0 Å². The summed E-state index contributed by atoms with van der Waals surface area (Å²) in [5.74, 6) is 0.904. The molecule has 0 aliphatic carbocycles. The number of hydrogen-bond acceptors (Lipinski definition) is 6. The largest absolute Gasteiger partial charge is 0.381 e. The molecule has 3 fully saturated rings. The van der Waals surface area contributed by atoms with Gasteiger partial charge >= 0.3 is 0 Å². The maximum absolute atomic E-state index is 12.5. The minimum absolute atomic E-state index is 0.00482. The molecule has 0 aromatic carbocycles. The van der Waals surface area contributed by atoms with Crippen LogP contribution in [0.2, 0.25) is 0 Å². The number of aromatic amines is 1. The van der Waals surface area contributed by atoms with Gasteiger partial charge in [-0.25, -0.2) is 4.98 Å². The van der Waals surface area contributed by atoms with Gasteiger partial charge in [-0.05, 0) is 12.8 Å². The summed E-state index contributed by atoms with van der Waals surface area (Å²) in [7, 11) is 0. The van der Waals surface area contributed by atoms with Crippen molar-refractivity contribution in [3.8, 4) is 0 Å². The number of carbonyl (C=O) groups excluding carboxylic acids is 1. The lowest BCUT2D eigenvalue weighted by molar-refractivity contribution is -0.134. The Bertz CT molecular complexity index is 679. The van der Waals surface area contributed by atoms with Crippen LogP contribution in [0.5, 0.6) is 0 Å². The maximum atomic E-state index is 12.5. The molecule has 3 aliphatic rings. The van der Waals surface area contributed by atoms with Crippen molar-refractivity contribution in [1.82, 2.24) is 14.9 Å². The van der Waals surface area contributed by atoms with Gasteiger partial charge in [0.05, 0.1) is 31.4 Å². The molecule has 1 aromatic heterocycles. The molecule has 0 unspecified atom stereocenters. The number of aromatic nitrogens is 2. The van der Waals surface area contributed by atoms with E-state index in [9.17, 15) is 9.59 Å². The molecular formula is C17H24N4O4. The lowest BCUT2D eigenvalue weighted by Crippen LogP contribution is -2.38. The highest BCUT2D eigenvalue weighted by Gasteiger charge is 2.34. The fraction of sp³-hybridized carbons (Fsp3) is 0.706. The molecule has 1 amide bonds. The molecule has 4 heterocycles. The average molecular weight is 348 g/mol. The summed E-state index contributed by atoms with van der Waals surface area (Å²) in [5, 5.41) is 0. The Kier molecular flexibility index (Phi) is 4.72. The van der Waals surface area contributed by atoms with E-state index in [4.69, 9.17) is 9.47 Å². The standard InChI is InChI=1S/C17H24N4O4/c22-15-9-14(18-17(19-15)20-4-7-24-8-5-20)12-1-3-21(10-12)16(23)13-2-6-25-11-13/h9,12-13H,1-8,10-11H2,(H,18,19,22)/t12-,13-/m0/s1. The van der Waals surface area contributed by atoms with Crippen LogP contribution in [0, 0.1) is 5.92 Å². The number of rotatable bonds is 3. The van der Waals surface area contributed by atoms with Crippen molar-refractivity contribution in [3.63, 3.8) is 0 Å². The topological polar surface area (TPSA) is 87.8 Å². The number of anilines is 1. The molecule has 3 saturated heterocycles. The molecule has 0 saturated carbocycles. The predicted molar refractivity (Wildman–Crippen MR) is 90.8 cm³/mol. The number of ether oxygens (including phenoxy) is 2. The van der Waals surface area contributed by atoms with Gasteiger partial charge in [-0.15, -0.1) is 0 Å². The Morgan fingerprint density at radius 2 is 2.00 bits per heavy atom. The molecule has 4 rings (SSSR count). The van der Waals surface area contributed by atoms with E-state index in [1.807, 2.05) is 9.80 Å². The van der Waals surface area contributed by atoms with Crippen LogP contribution in [-0.2, 0) is 14.3 Å². The van der Waals surface area contributed by atoms with E-state index in [1.165, 1.54) is 0 Å². The first-order chi connectivity index (χ1) is 12.2. The molecule has 1 aromatic rings. The van der Waals surface area contributed by atoms with Gasteiger partial charge in [-0.1, -0.05) is 0 Å². The van der Waals surface area contributed by atoms with Crippen molar-refractivity contribution in [3.05, 3.63) is 22.1 Å². The van der Waals surface area contributed by atoms with E-state index in [0.717, 1.165) is 38.2 Å². The van der Waals surface area contributed by atoms with Gasteiger partial charge in [-0.3, -0.25) is 14.6 Å². The third-order valence-corrected chi connectivity index (χ3v) is 5.26. The third kappa shape index (κ3) is 3.55. The number of morpholine rings is 1. The summed E-state index contributed by atoms with van der Waals surface area (Å²) in [6.07, 6.45) is 1.66. The second-order valence-corrected chi connectivity index (χ2v) is 6.92. The van der Waals surface area contributed by atoms with Gasteiger partial charge in [0.15, 0.2) is 0 Å². The normalized spacial score (nSPS) is 27.0. The molecule has 8 nitrogen and oxygen atoms in total. The fourth-order valence-corrected chi connectivity index (χ4v) is 3.79. The van der Waals surface area contributed by atoms with Crippen molar-refractivity contribution in [1.29, 1.82) is 0 Å². The summed E-state index contributed by atoms with van der Waals surface area (Å²) < 4.78 is 10.7. The number of H-pyrrole nitrogens is 1. The van der Waals surface area contributed by atoms with Crippen LogP contribution in [0.4, 0.5) is 5.95 Å². The number of amides is 1. The van der Waals surface area contributed by atoms with E-state index >= 15 is 0 Å². The first-order valence-corrected chi connectivity index (χ1v) is 9.01. The first-order valence-electron chi connectivity index (χ1n) is 9.01. The van der Waals surface area contributed by atoms with Gasteiger partial charge in [0, 0.05) is 44.8 Å². The molecule has 8 heteroatoms. The predicted octanol–water partition coefficient (Wildman–Crippen LogP) is -0.0411. The van der Waals surface area contributed by atoms with Crippen molar-refractivity contribution < 1.29 is 14.3 Å². The minimum Gasteiger partial charge on any atom is -0.381 e. The zero-order chi connectivity index (χ0) is 17.2. The van der Waals surface area contributed by atoms with Crippen LogP contribution in [-0.4, -0.2) is 73.4 Å². The highest BCUT2D eigenvalue weighted by molar-refractivity contribution is 5.79. The molecule has 0 spiro atoms. The van der Waals surface area contributed by atoms with E-state index < -0.39 is 0 Å². The molecule has 136 valence electrons. The van der Waals surface area contributed by atoms with Crippen LogP contribution >= 0.6 is 0 Å². The summed E-state index contributed by atoms with van der Waals surface area (Å²) >= 11 is 0. The van der Waals surface area contributed by atoms with Crippen LogP contribution in [0.15, 0.2) is 10.9 Å². The van der Waals surface area contributed by atoms with Crippen molar-refractivity contribution in [2.24, 2.45) is 5.92 Å². The molecule has 3 aliphatic heterocycles. The summed E-state index contributed by atoms with van der Waals surface area (Å²) in [4.78, 5) is 36.1.